The van der Waals surface area contributed by atoms with Crippen LogP contribution in [0.1, 0.15) is 71.0 Å². The SMILES string of the molecule is C=CCCC(=O)NC[C@H](OC(=O)[C@H]1[C@@H]2O[C@@]3(CC2Br)[C@@H]1C(=O)N([C@@H](CO)CC(C)C)[C@@H]3C(=O)N(CC=C)CCCC)c1ccccc1. The number of unbranched alkanes of at least 4 members (excludes halogenated alkanes) is 1. The third kappa shape index (κ3) is 7.67. The average molecular weight is 717 g/mol. The number of rotatable bonds is 18. The second kappa shape index (κ2) is 16.4. The largest absolute Gasteiger partial charge is 0.455 e. The quantitative estimate of drug-likeness (QED) is 0.132. The highest BCUT2D eigenvalue weighted by molar-refractivity contribution is 9.09. The first-order chi connectivity index (χ1) is 22.5. The number of aliphatic hydroxyl groups excluding tert-OH is 1. The number of hydrogen-bond acceptors (Lipinski definition) is 7. The van der Waals surface area contributed by atoms with Gasteiger partial charge in [-0.1, -0.05) is 85.6 Å². The van der Waals surface area contributed by atoms with Crippen LogP contribution in [0.2, 0.25) is 0 Å². The number of nitrogens with one attached hydrogen (secondary N) is 1. The number of halogens is 1. The molecular weight excluding hydrogens is 666 g/mol. The zero-order chi connectivity index (χ0) is 34.3. The number of carbonyl (C=O) groups excluding carboxylic acids is 4. The summed E-state index contributed by atoms with van der Waals surface area (Å²) >= 11 is 3.72. The van der Waals surface area contributed by atoms with Gasteiger partial charge in [-0.15, -0.1) is 13.2 Å². The highest BCUT2D eigenvalue weighted by Crippen LogP contribution is 2.61. The molecule has 258 valence electrons. The molecule has 0 aromatic heterocycles. The van der Waals surface area contributed by atoms with Crippen molar-refractivity contribution in [3.05, 3.63) is 61.2 Å². The molecular formula is C36H50BrN3O7. The molecule has 0 saturated carbocycles. The van der Waals surface area contributed by atoms with Gasteiger partial charge in [-0.05, 0) is 37.2 Å². The van der Waals surface area contributed by atoms with Gasteiger partial charge in [0.2, 0.25) is 17.7 Å². The monoisotopic (exact) mass is 715 g/mol. The fraction of sp³-hybridized carbons (Fsp3) is 0.611. The van der Waals surface area contributed by atoms with Gasteiger partial charge in [0.1, 0.15) is 17.7 Å². The van der Waals surface area contributed by atoms with Gasteiger partial charge in [-0.3, -0.25) is 19.2 Å². The first-order valence-corrected chi connectivity index (χ1v) is 17.7. The molecule has 1 aromatic rings. The number of fused-ring (bicyclic) bond motifs is 1. The van der Waals surface area contributed by atoms with Crippen LogP contribution in [-0.2, 0) is 28.7 Å². The predicted molar refractivity (Wildman–Crippen MR) is 182 cm³/mol. The van der Waals surface area contributed by atoms with E-state index in [9.17, 15) is 24.3 Å². The lowest BCUT2D eigenvalue weighted by molar-refractivity contribution is -0.161. The average Bonchev–Trinajstić information content (AvgIpc) is 3.65. The molecule has 47 heavy (non-hydrogen) atoms. The topological polar surface area (TPSA) is 125 Å². The Hall–Kier alpha value is -3.02. The van der Waals surface area contributed by atoms with Crippen molar-refractivity contribution in [2.75, 3.05) is 26.2 Å². The third-order valence-electron chi connectivity index (χ3n) is 9.51. The van der Waals surface area contributed by atoms with Crippen molar-refractivity contribution in [1.82, 2.24) is 15.1 Å². The van der Waals surface area contributed by atoms with E-state index in [4.69, 9.17) is 9.47 Å². The molecule has 11 heteroatoms. The van der Waals surface area contributed by atoms with Crippen molar-refractivity contribution in [1.29, 1.82) is 0 Å². The van der Waals surface area contributed by atoms with Crippen molar-refractivity contribution in [3.63, 3.8) is 0 Å². The summed E-state index contributed by atoms with van der Waals surface area (Å²) in [6.45, 7) is 14.1. The number of aliphatic hydroxyl groups is 1. The number of likely N-dealkylation sites (tertiary alicyclic amines) is 1. The maximum atomic E-state index is 14.6. The number of benzene rings is 1. The Morgan fingerprint density at radius 2 is 1.96 bits per heavy atom. The van der Waals surface area contributed by atoms with Crippen LogP contribution in [0.25, 0.3) is 0 Å². The van der Waals surface area contributed by atoms with Gasteiger partial charge >= 0.3 is 5.97 Å². The summed E-state index contributed by atoms with van der Waals surface area (Å²) < 4.78 is 12.8. The third-order valence-corrected chi connectivity index (χ3v) is 10.4. The highest BCUT2D eigenvalue weighted by Gasteiger charge is 2.77. The van der Waals surface area contributed by atoms with E-state index < -0.39 is 47.7 Å². The van der Waals surface area contributed by atoms with E-state index in [1.165, 1.54) is 4.90 Å². The first-order valence-electron chi connectivity index (χ1n) is 16.8. The molecule has 1 aromatic carbocycles. The lowest BCUT2D eigenvalue weighted by atomic mass is 9.70. The molecule has 2 N–H and O–H groups in total. The van der Waals surface area contributed by atoms with Crippen LogP contribution in [0, 0.1) is 17.8 Å². The number of ether oxygens (including phenoxy) is 2. The summed E-state index contributed by atoms with van der Waals surface area (Å²) in [4.78, 5) is 58.8. The lowest BCUT2D eigenvalue weighted by Crippen LogP contribution is -2.59. The zero-order valence-corrected chi connectivity index (χ0v) is 29.4. The highest BCUT2D eigenvalue weighted by atomic mass is 79.9. The summed E-state index contributed by atoms with van der Waals surface area (Å²) in [5.74, 6) is -3.30. The Bertz CT molecular complexity index is 1290. The summed E-state index contributed by atoms with van der Waals surface area (Å²) in [6, 6.07) is 7.48. The number of nitrogens with zero attached hydrogens (tertiary/aromatic N) is 2. The van der Waals surface area contributed by atoms with Gasteiger partial charge in [0.15, 0.2) is 0 Å². The van der Waals surface area contributed by atoms with E-state index >= 15 is 0 Å². The molecule has 1 spiro atoms. The maximum absolute atomic E-state index is 14.6. The van der Waals surface area contributed by atoms with Gasteiger partial charge in [0.05, 0.1) is 37.1 Å². The molecule has 0 radical (unpaired) electrons. The Labute approximate surface area is 287 Å². The van der Waals surface area contributed by atoms with E-state index in [1.807, 2.05) is 51.1 Å². The van der Waals surface area contributed by atoms with E-state index in [2.05, 4.69) is 34.4 Å². The Balaban J connectivity index is 1.71. The fourth-order valence-corrected chi connectivity index (χ4v) is 8.38. The number of allylic oxidation sites excluding steroid dienone is 1. The minimum atomic E-state index is -1.28. The summed E-state index contributed by atoms with van der Waals surface area (Å²) in [5, 5.41) is 13.4. The number of alkyl halides is 1. The molecule has 8 atom stereocenters. The van der Waals surface area contributed by atoms with Crippen LogP contribution in [0.5, 0.6) is 0 Å². The molecule has 2 bridgehead atoms. The van der Waals surface area contributed by atoms with E-state index in [0.29, 0.717) is 37.9 Å². The molecule has 3 aliphatic rings. The number of amides is 3. The second-order valence-electron chi connectivity index (χ2n) is 13.3. The van der Waals surface area contributed by atoms with Crippen molar-refractivity contribution >= 4 is 39.6 Å². The minimum Gasteiger partial charge on any atom is -0.455 e. The molecule has 1 unspecified atom stereocenters. The number of carbonyl (C=O) groups is 4. The van der Waals surface area contributed by atoms with Crippen molar-refractivity contribution < 1.29 is 33.8 Å². The molecule has 4 rings (SSSR count). The van der Waals surface area contributed by atoms with E-state index in [-0.39, 0.29) is 48.0 Å². The first kappa shape index (κ1) is 36.8. The molecule has 3 aliphatic heterocycles. The van der Waals surface area contributed by atoms with Crippen LogP contribution in [0.3, 0.4) is 0 Å². The molecule has 3 fully saturated rings. The zero-order valence-electron chi connectivity index (χ0n) is 27.8. The molecule has 3 saturated heterocycles. The van der Waals surface area contributed by atoms with Gasteiger partial charge in [-0.25, -0.2) is 0 Å². The fourth-order valence-electron chi connectivity index (χ4n) is 7.44. The molecule has 3 heterocycles. The van der Waals surface area contributed by atoms with Crippen LogP contribution in [-0.4, -0.2) is 93.5 Å². The summed E-state index contributed by atoms with van der Waals surface area (Å²) in [5.41, 5.74) is -0.590. The van der Waals surface area contributed by atoms with Crippen molar-refractivity contribution in [3.8, 4) is 0 Å². The Kier molecular flexibility index (Phi) is 12.8. The standard InChI is InChI=1S/C36H50BrN3O7/c1-6-9-16-28(42)38-21-27(24-14-12-11-13-15-24)46-35(45)29-30-33(43)40(25(22-41)19-23(4)5)32(36(30)20-26(37)31(29)47-36)34(44)39(17-8-3)18-10-7-2/h6,8,11-15,23,25-27,29-32,41H,1,3,7,9-10,16-22H2,2,4-5H3,(H,38,42)/t25-,26?,27+,29-,30+,31-,32-,36+/m1/s1. The van der Waals surface area contributed by atoms with Gasteiger partial charge in [0.25, 0.3) is 0 Å². The van der Waals surface area contributed by atoms with Crippen molar-refractivity contribution in [2.24, 2.45) is 17.8 Å². The van der Waals surface area contributed by atoms with E-state index in [0.717, 1.165) is 12.8 Å². The number of esters is 1. The smallest absolute Gasteiger partial charge is 0.313 e. The van der Waals surface area contributed by atoms with Gasteiger partial charge in [-0.2, -0.15) is 0 Å². The Morgan fingerprint density at radius 3 is 2.57 bits per heavy atom. The van der Waals surface area contributed by atoms with Crippen LogP contribution in [0.4, 0.5) is 0 Å². The Morgan fingerprint density at radius 1 is 1.23 bits per heavy atom. The summed E-state index contributed by atoms with van der Waals surface area (Å²) in [6.07, 6.45) is 5.08. The van der Waals surface area contributed by atoms with Gasteiger partial charge in [0, 0.05) is 24.3 Å². The molecule has 10 nitrogen and oxygen atoms in total. The van der Waals surface area contributed by atoms with Crippen LogP contribution in [0.15, 0.2) is 55.6 Å². The maximum Gasteiger partial charge on any atom is 0.313 e. The van der Waals surface area contributed by atoms with Crippen molar-refractivity contribution in [2.45, 2.75) is 94.0 Å². The number of hydrogen-bond donors (Lipinski definition) is 2. The lowest BCUT2D eigenvalue weighted by Gasteiger charge is -2.39. The normalized spacial score (nSPS) is 27.3. The van der Waals surface area contributed by atoms with Gasteiger partial charge < -0.3 is 29.7 Å². The van der Waals surface area contributed by atoms with Crippen LogP contribution >= 0.6 is 15.9 Å². The second-order valence-corrected chi connectivity index (χ2v) is 14.4. The molecule has 3 amide bonds. The minimum absolute atomic E-state index is 0.0492. The van der Waals surface area contributed by atoms with E-state index in [1.54, 1.807) is 17.1 Å². The molecule has 0 aliphatic carbocycles. The summed E-state index contributed by atoms with van der Waals surface area (Å²) in [7, 11) is 0. The van der Waals surface area contributed by atoms with Crippen LogP contribution < -0.4 is 5.32 Å². The predicted octanol–water partition coefficient (Wildman–Crippen LogP) is 4.32.